The molecule has 0 aliphatic heterocycles. The number of primary amides is 2. The van der Waals surface area contributed by atoms with Gasteiger partial charge in [0.1, 0.15) is 5.57 Å². The molecule has 0 fully saturated rings. The molecule has 0 aromatic rings. The normalized spacial score (nSPS) is 10.0. The summed E-state index contributed by atoms with van der Waals surface area (Å²) in [6, 6.07) is 13.3. The van der Waals surface area contributed by atoms with Crippen LogP contribution in [0.1, 0.15) is 5.56 Å². The van der Waals surface area contributed by atoms with Crippen LogP contribution >= 0.6 is 0 Å². The lowest BCUT2D eigenvalue weighted by Gasteiger charge is -1.99. The zero-order chi connectivity index (χ0) is 13.1. The van der Waals surface area contributed by atoms with Crippen LogP contribution in [0.3, 0.4) is 0 Å². The smallest absolute Gasteiger partial charge is 0.254 e. The van der Waals surface area contributed by atoms with Crippen molar-refractivity contribution < 1.29 is 9.59 Å². The van der Waals surface area contributed by atoms with Gasteiger partial charge in [-0.25, -0.2) is 0 Å². The Morgan fingerprint density at radius 3 is 2.22 bits per heavy atom. The third-order valence-corrected chi connectivity index (χ3v) is 2.66. The van der Waals surface area contributed by atoms with Crippen LogP contribution in [0.15, 0.2) is 48.0 Å². The van der Waals surface area contributed by atoms with E-state index in [1.54, 1.807) is 0 Å². The number of nitrogens with two attached hydrogens (primary N) is 2. The van der Waals surface area contributed by atoms with Gasteiger partial charge < -0.3 is 11.5 Å². The Bertz CT molecular complexity index is 601. The molecule has 0 heterocycles. The molecule has 0 radical (unpaired) electrons. The van der Waals surface area contributed by atoms with Crippen molar-refractivity contribution in [1.82, 2.24) is 0 Å². The van der Waals surface area contributed by atoms with Crippen molar-refractivity contribution in [2.75, 3.05) is 0 Å². The third kappa shape index (κ3) is 2.22. The summed E-state index contributed by atoms with van der Waals surface area (Å²) in [5.74, 6) is -1.64. The van der Waals surface area contributed by atoms with Crippen molar-refractivity contribution in [3.63, 3.8) is 0 Å². The van der Waals surface area contributed by atoms with Gasteiger partial charge in [-0.2, -0.15) is 0 Å². The SMILES string of the molecule is NC(=O)C(=Cc1ccc2cccccc1-2)C(N)=O. The number of carbonyl (C=O) groups is 2. The average molecular weight is 240 g/mol. The minimum absolute atomic E-state index is 0.200. The molecule has 4 nitrogen and oxygen atoms in total. The molecule has 4 heteroatoms. The van der Waals surface area contributed by atoms with Crippen LogP contribution in [-0.4, -0.2) is 11.8 Å². The van der Waals surface area contributed by atoms with Gasteiger partial charge in [0, 0.05) is 0 Å². The van der Waals surface area contributed by atoms with Crippen molar-refractivity contribution in [1.29, 1.82) is 0 Å². The lowest BCUT2D eigenvalue weighted by molar-refractivity contribution is -0.120. The number of hydrogen-bond acceptors (Lipinski definition) is 2. The molecule has 0 saturated heterocycles. The summed E-state index contributed by atoms with van der Waals surface area (Å²) in [6.07, 6.45) is 1.42. The summed E-state index contributed by atoms with van der Waals surface area (Å²) < 4.78 is 0. The highest BCUT2D eigenvalue weighted by atomic mass is 16.2. The minimum atomic E-state index is -0.822. The average Bonchev–Trinajstić information content (AvgIpc) is 2.54. The van der Waals surface area contributed by atoms with Gasteiger partial charge in [0.15, 0.2) is 0 Å². The molecule has 0 bridgehead atoms. The summed E-state index contributed by atoms with van der Waals surface area (Å²) in [4.78, 5) is 22.2. The van der Waals surface area contributed by atoms with E-state index in [0.717, 1.165) is 16.7 Å². The first-order chi connectivity index (χ1) is 8.59. The molecule has 90 valence electrons. The first-order valence-electron chi connectivity index (χ1n) is 5.38. The molecule has 0 spiro atoms. The Balaban J connectivity index is 2.55. The van der Waals surface area contributed by atoms with Crippen molar-refractivity contribution in [3.8, 4) is 11.1 Å². The largest absolute Gasteiger partial charge is 0.365 e. The first-order valence-corrected chi connectivity index (χ1v) is 5.38. The number of hydrogen-bond donors (Lipinski definition) is 2. The van der Waals surface area contributed by atoms with Crippen LogP contribution in [0.5, 0.6) is 0 Å². The van der Waals surface area contributed by atoms with Gasteiger partial charge in [0.05, 0.1) is 0 Å². The van der Waals surface area contributed by atoms with E-state index in [1.807, 2.05) is 42.5 Å². The first kappa shape index (κ1) is 11.9. The van der Waals surface area contributed by atoms with Gasteiger partial charge in [0.25, 0.3) is 11.8 Å². The quantitative estimate of drug-likeness (QED) is 0.479. The minimum Gasteiger partial charge on any atom is -0.365 e. The number of carbonyl (C=O) groups excluding carboxylic acids is 2. The van der Waals surface area contributed by atoms with Gasteiger partial charge in [-0.05, 0) is 22.8 Å². The van der Waals surface area contributed by atoms with Gasteiger partial charge >= 0.3 is 0 Å². The molecule has 18 heavy (non-hydrogen) atoms. The predicted octanol–water partition coefficient (Wildman–Crippen LogP) is 1.15. The third-order valence-electron chi connectivity index (χ3n) is 2.66. The van der Waals surface area contributed by atoms with E-state index in [-0.39, 0.29) is 5.57 Å². The molecule has 2 amide bonds. The Morgan fingerprint density at radius 1 is 0.889 bits per heavy atom. The molecule has 2 aliphatic carbocycles. The van der Waals surface area contributed by atoms with Crippen molar-refractivity contribution in [2.45, 2.75) is 0 Å². The fourth-order valence-corrected chi connectivity index (χ4v) is 1.78. The zero-order valence-electron chi connectivity index (χ0n) is 9.59. The van der Waals surface area contributed by atoms with Crippen molar-refractivity contribution in [3.05, 3.63) is 53.6 Å². The van der Waals surface area contributed by atoms with E-state index in [2.05, 4.69) is 0 Å². The molecule has 0 saturated carbocycles. The predicted molar refractivity (Wildman–Crippen MR) is 69.4 cm³/mol. The summed E-state index contributed by atoms with van der Waals surface area (Å²) >= 11 is 0. The van der Waals surface area contributed by atoms with Crippen LogP contribution in [-0.2, 0) is 9.59 Å². The van der Waals surface area contributed by atoms with Gasteiger partial charge in [-0.15, -0.1) is 0 Å². The van der Waals surface area contributed by atoms with E-state index >= 15 is 0 Å². The molecule has 0 aromatic heterocycles. The van der Waals surface area contributed by atoms with Crippen LogP contribution in [0, 0.1) is 0 Å². The van der Waals surface area contributed by atoms with Crippen LogP contribution in [0.25, 0.3) is 17.2 Å². The topological polar surface area (TPSA) is 86.2 Å². The number of fused-ring (bicyclic) bond motifs is 1. The van der Waals surface area contributed by atoms with Crippen molar-refractivity contribution >= 4 is 17.9 Å². The lowest BCUT2D eigenvalue weighted by atomic mass is 10.1. The number of amides is 2. The fraction of sp³-hybridized carbons (Fsp3) is 0. The standard InChI is InChI=1S/C14H12N2O2/c15-13(17)12(14(16)18)8-10-7-6-9-4-2-1-3-5-11(9)10/h1-8H,(H2,15,17)(H2,16,18). The van der Waals surface area contributed by atoms with E-state index < -0.39 is 11.8 Å². The highest BCUT2D eigenvalue weighted by Crippen LogP contribution is 2.28. The second kappa shape index (κ2) is 4.71. The molecule has 0 aromatic carbocycles. The second-order valence-electron chi connectivity index (χ2n) is 3.85. The molecule has 4 N–H and O–H groups in total. The summed E-state index contributed by atoms with van der Waals surface area (Å²) in [7, 11) is 0. The molecular weight excluding hydrogens is 228 g/mol. The van der Waals surface area contributed by atoms with Crippen molar-refractivity contribution in [2.24, 2.45) is 11.5 Å². The molecule has 0 unspecified atom stereocenters. The monoisotopic (exact) mass is 240 g/mol. The Hall–Kier alpha value is -2.62. The summed E-state index contributed by atoms with van der Waals surface area (Å²) in [5.41, 5.74) is 12.7. The molecule has 2 rings (SSSR count). The lowest BCUT2D eigenvalue weighted by Crippen LogP contribution is -2.25. The van der Waals surface area contributed by atoms with E-state index in [0.29, 0.717) is 0 Å². The maximum atomic E-state index is 11.1. The molecular formula is C14H12N2O2. The van der Waals surface area contributed by atoms with E-state index in [9.17, 15) is 9.59 Å². The molecule has 0 atom stereocenters. The molecule has 2 aliphatic rings. The maximum absolute atomic E-state index is 11.1. The van der Waals surface area contributed by atoms with Crippen LogP contribution in [0.4, 0.5) is 0 Å². The highest BCUT2D eigenvalue weighted by molar-refractivity contribution is 6.21. The zero-order valence-corrected chi connectivity index (χ0v) is 9.59. The summed E-state index contributed by atoms with van der Waals surface area (Å²) in [6.45, 7) is 0. The van der Waals surface area contributed by atoms with Gasteiger partial charge in [0.2, 0.25) is 0 Å². The van der Waals surface area contributed by atoms with E-state index in [4.69, 9.17) is 11.5 Å². The summed E-state index contributed by atoms with van der Waals surface area (Å²) in [5, 5.41) is 0. The second-order valence-corrected chi connectivity index (χ2v) is 3.85. The number of rotatable bonds is 3. The van der Waals surface area contributed by atoms with E-state index in [1.165, 1.54) is 6.08 Å². The highest BCUT2D eigenvalue weighted by Gasteiger charge is 2.14. The van der Waals surface area contributed by atoms with Gasteiger partial charge in [-0.1, -0.05) is 42.5 Å². The maximum Gasteiger partial charge on any atom is 0.254 e. The Labute approximate surface area is 104 Å². The van der Waals surface area contributed by atoms with Crippen LogP contribution < -0.4 is 11.5 Å². The fourth-order valence-electron chi connectivity index (χ4n) is 1.78. The Morgan fingerprint density at radius 2 is 1.56 bits per heavy atom. The van der Waals surface area contributed by atoms with Crippen LogP contribution in [0.2, 0.25) is 0 Å². The Kier molecular flexibility index (Phi) is 3.10. The van der Waals surface area contributed by atoms with Gasteiger partial charge in [-0.3, -0.25) is 9.59 Å².